The predicted molar refractivity (Wildman–Crippen MR) is 106 cm³/mol. The Morgan fingerprint density at radius 1 is 1.11 bits per heavy atom. The van der Waals surface area contributed by atoms with Crippen molar-refractivity contribution in [3.8, 4) is 0 Å². The van der Waals surface area contributed by atoms with E-state index in [0.29, 0.717) is 24.7 Å². The number of amides is 1. The van der Waals surface area contributed by atoms with Crippen LogP contribution in [0.1, 0.15) is 48.7 Å². The highest BCUT2D eigenvalue weighted by molar-refractivity contribution is 5.99. The van der Waals surface area contributed by atoms with Crippen molar-refractivity contribution in [1.29, 1.82) is 0 Å². The summed E-state index contributed by atoms with van der Waals surface area (Å²) < 4.78 is 0. The first-order chi connectivity index (χ1) is 13.0. The van der Waals surface area contributed by atoms with E-state index in [4.69, 9.17) is 0 Å². The lowest BCUT2D eigenvalue weighted by molar-refractivity contribution is -0.385. The Hall–Kier alpha value is -2.89. The Morgan fingerprint density at radius 3 is 2.37 bits per heavy atom. The third-order valence-corrected chi connectivity index (χ3v) is 4.96. The van der Waals surface area contributed by atoms with E-state index in [1.54, 1.807) is 17.0 Å². The van der Waals surface area contributed by atoms with Gasteiger partial charge in [0.25, 0.3) is 11.6 Å². The van der Waals surface area contributed by atoms with E-state index >= 15 is 0 Å². The number of rotatable bonds is 6. The Labute approximate surface area is 159 Å². The van der Waals surface area contributed by atoms with Crippen LogP contribution in [0.2, 0.25) is 0 Å². The number of benzene rings is 2. The van der Waals surface area contributed by atoms with E-state index in [0.717, 1.165) is 18.4 Å². The van der Waals surface area contributed by atoms with Gasteiger partial charge in [0, 0.05) is 24.8 Å². The minimum Gasteiger partial charge on any atom is -0.378 e. The molecular weight excluding hydrogens is 342 g/mol. The number of nitrogens with one attached hydrogen (secondary N) is 1. The molecule has 0 radical (unpaired) electrons. The van der Waals surface area contributed by atoms with Crippen molar-refractivity contribution in [2.24, 2.45) is 5.92 Å². The summed E-state index contributed by atoms with van der Waals surface area (Å²) in [5, 5.41) is 14.9. The fraction of sp³-hybridized carbons (Fsp3) is 0.381. The van der Waals surface area contributed by atoms with Crippen molar-refractivity contribution in [3.05, 3.63) is 69.8 Å². The van der Waals surface area contributed by atoms with Crippen molar-refractivity contribution in [2.75, 3.05) is 18.4 Å². The minimum atomic E-state index is -0.482. The number of anilines is 1. The molecule has 0 spiro atoms. The highest BCUT2D eigenvalue weighted by Crippen LogP contribution is 2.30. The SMILES string of the molecule is CC(C)C(Nc1ccc([N+](=O)[O-])c(C(=O)N2CCCC2)c1)c1ccccc1. The smallest absolute Gasteiger partial charge is 0.282 e. The van der Waals surface area contributed by atoms with Crippen LogP contribution < -0.4 is 5.32 Å². The first-order valence-corrected chi connectivity index (χ1v) is 9.36. The van der Waals surface area contributed by atoms with Crippen molar-refractivity contribution in [2.45, 2.75) is 32.7 Å². The molecule has 1 aliphatic heterocycles. The van der Waals surface area contributed by atoms with Gasteiger partial charge in [0.15, 0.2) is 0 Å². The Balaban J connectivity index is 1.92. The molecule has 1 atom stereocenters. The number of hydrogen-bond acceptors (Lipinski definition) is 4. The van der Waals surface area contributed by atoms with E-state index in [-0.39, 0.29) is 23.2 Å². The molecule has 2 aromatic rings. The normalized spacial score (nSPS) is 15.0. The molecule has 1 unspecified atom stereocenters. The molecule has 0 saturated carbocycles. The molecule has 1 saturated heterocycles. The maximum absolute atomic E-state index is 12.8. The number of nitrogens with zero attached hydrogens (tertiary/aromatic N) is 2. The van der Waals surface area contributed by atoms with Crippen molar-refractivity contribution in [1.82, 2.24) is 4.90 Å². The van der Waals surface area contributed by atoms with Crippen LogP contribution in [0.4, 0.5) is 11.4 Å². The molecule has 1 aliphatic rings. The number of carbonyl (C=O) groups excluding carboxylic acids is 1. The van der Waals surface area contributed by atoms with Crippen LogP contribution in [0.25, 0.3) is 0 Å². The summed E-state index contributed by atoms with van der Waals surface area (Å²) >= 11 is 0. The second-order valence-corrected chi connectivity index (χ2v) is 7.27. The molecule has 0 bridgehead atoms. The molecule has 3 rings (SSSR count). The largest absolute Gasteiger partial charge is 0.378 e. The van der Waals surface area contributed by atoms with Gasteiger partial charge in [-0.25, -0.2) is 0 Å². The standard InChI is InChI=1S/C21H25N3O3/c1-15(2)20(16-8-4-3-5-9-16)22-17-10-11-19(24(26)27)18(14-17)21(25)23-12-6-7-13-23/h3-5,8-11,14-15,20,22H,6-7,12-13H2,1-2H3. The number of nitro benzene ring substituents is 1. The zero-order valence-electron chi connectivity index (χ0n) is 15.7. The maximum Gasteiger partial charge on any atom is 0.282 e. The Bertz CT molecular complexity index is 815. The van der Waals surface area contributed by atoms with Gasteiger partial charge in [-0.1, -0.05) is 44.2 Å². The van der Waals surface area contributed by atoms with Crippen molar-refractivity contribution >= 4 is 17.3 Å². The number of carbonyl (C=O) groups is 1. The molecule has 1 heterocycles. The van der Waals surface area contributed by atoms with Gasteiger partial charge in [0.05, 0.1) is 11.0 Å². The van der Waals surface area contributed by atoms with Gasteiger partial charge >= 0.3 is 0 Å². The molecule has 1 fully saturated rings. The second kappa shape index (κ2) is 8.20. The predicted octanol–water partition coefficient (Wildman–Crippen LogP) is 4.64. The summed E-state index contributed by atoms with van der Waals surface area (Å²) in [5.41, 5.74) is 1.87. The van der Waals surface area contributed by atoms with Gasteiger partial charge in [0.1, 0.15) is 5.56 Å². The fourth-order valence-electron chi connectivity index (χ4n) is 3.52. The van der Waals surface area contributed by atoms with E-state index in [2.05, 4.69) is 31.3 Å². The molecule has 0 aromatic heterocycles. The third-order valence-electron chi connectivity index (χ3n) is 4.96. The first-order valence-electron chi connectivity index (χ1n) is 9.36. The van der Waals surface area contributed by atoms with Crippen LogP contribution in [0.15, 0.2) is 48.5 Å². The Kier molecular flexibility index (Phi) is 5.74. The fourth-order valence-corrected chi connectivity index (χ4v) is 3.52. The Morgan fingerprint density at radius 2 is 1.78 bits per heavy atom. The molecule has 0 aliphatic carbocycles. The highest BCUT2D eigenvalue weighted by atomic mass is 16.6. The highest BCUT2D eigenvalue weighted by Gasteiger charge is 2.27. The van der Waals surface area contributed by atoms with Gasteiger partial charge in [0.2, 0.25) is 0 Å². The summed E-state index contributed by atoms with van der Waals surface area (Å²) in [7, 11) is 0. The summed E-state index contributed by atoms with van der Waals surface area (Å²) in [4.78, 5) is 25.4. The summed E-state index contributed by atoms with van der Waals surface area (Å²) in [6, 6.07) is 14.8. The van der Waals surface area contributed by atoms with Gasteiger partial charge < -0.3 is 10.2 Å². The van der Waals surface area contributed by atoms with Gasteiger partial charge in [-0.15, -0.1) is 0 Å². The maximum atomic E-state index is 12.8. The van der Waals surface area contributed by atoms with Gasteiger partial charge in [-0.3, -0.25) is 14.9 Å². The van der Waals surface area contributed by atoms with Gasteiger partial charge in [-0.05, 0) is 36.5 Å². The van der Waals surface area contributed by atoms with E-state index < -0.39 is 4.92 Å². The summed E-state index contributed by atoms with van der Waals surface area (Å²) in [6.45, 7) is 5.55. The van der Waals surface area contributed by atoms with Crippen LogP contribution in [0, 0.1) is 16.0 Å². The minimum absolute atomic E-state index is 0.0439. The number of nitro groups is 1. The lowest BCUT2D eigenvalue weighted by Gasteiger charge is -2.24. The summed E-state index contributed by atoms with van der Waals surface area (Å²) in [5.74, 6) is 0.0454. The monoisotopic (exact) mass is 367 g/mol. The average Bonchev–Trinajstić information content (AvgIpc) is 3.20. The van der Waals surface area contributed by atoms with Crippen LogP contribution in [0.5, 0.6) is 0 Å². The van der Waals surface area contributed by atoms with Crippen molar-refractivity contribution in [3.63, 3.8) is 0 Å². The first kappa shape index (κ1) is 18.9. The van der Waals surface area contributed by atoms with Crippen LogP contribution in [-0.2, 0) is 0 Å². The molecule has 142 valence electrons. The average molecular weight is 367 g/mol. The molecule has 6 nitrogen and oxygen atoms in total. The van der Waals surface area contributed by atoms with Crippen LogP contribution in [-0.4, -0.2) is 28.8 Å². The van der Waals surface area contributed by atoms with Crippen molar-refractivity contribution < 1.29 is 9.72 Å². The topological polar surface area (TPSA) is 75.5 Å². The molecule has 6 heteroatoms. The second-order valence-electron chi connectivity index (χ2n) is 7.27. The zero-order chi connectivity index (χ0) is 19.4. The molecule has 27 heavy (non-hydrogen) atoms. The number of hydrogen-bond donors (Lipinski definition) is 1. The molecular formula is C21H25N3O3. The molecule has 1 N–H and O–H groups in total. The van der Waals surface area contributed by atoms with Crippen LogP contribution in [0.3, 0.4) is 0 Å². The zero-order valence-corrected chi connectivity index (χ0v) is 15.7. The lowest BCUT2D eigenvalue weighted by atomic mass is 9.95. The number of likely N-dealkylation sites (tertiary alicyclic amines) is 1. The summed E-state index contributed by atoms with van der Waals surface area (Å²) in [6.07, 6.45) is 1.89. The van der Waals surface area contributed by atoms with Gasteiger partial charge in [-0.2, -0.15) is 0 Å². The quantitative estimate of drug-likeness (QED) is 0.596. The van der Waals surface area contributed by atoms with E-state index in [9.17, 15) is 14.9 Å². The molecule has 1 amide bonds. The van der Waals surface area contributed by atoms with Crippen LogP contribution >= 0.6 is 0 Å². The third kappa shape index (κ3) is 4.27. The molecule has 2 aromatic carbocycles. The van der Waals surface area contributed by atoms with E-state index in [1.807, 2.05) is 18.2 Å². The van der Waals surface area contributed by atoms with E-state index in [1.165, 1.54) is 6.07 Å². The lowest BCUT2D eigenvalue weighted by Crippen LogP contribution is -2.28.